The van der Waals surface area contributed by atoms with Crippen molar-refractivity contribution >= 4 is 11.6 Å². The van der Waals surface area contributed by atoms with E-state index in [2.05, 4.69) is 6.92 Å². The van der Waals surface area contributed by atoms with Crippen LogP contribution in [0.1, 0.15) is 53.0 Å². The molecular formula is C18H28FNO. The first-order chi connectivity index (χ1) is 9.68. The highest BCUT2D eigenvalue weighted by Gasteiger charge is 2.31. The van der Waals surface area contributed by atoms with Crippen LogP contribution in [0, 0.1) is 24.1 Å². The van der Waals surface area contributed by atoms with Crippen LogP contribution in [0.25, 0.3) is 0 Å². The Morgan fingerprint density at radius 3 is 2.48 bits per heavy atom. The molecule has 0 aliphatic rings. The van der Waals surface area contributed by atoms with Gasteiger partial charge >= 0.3 is 0 Å². The van der Waals surface area contributed by atoms with Crippen LogP contribution >= 0.6 is 0 Å². The number of carbonyl (C=O) groups is 1. The number of halogens is 1. The lowest BCUT2D eigenvalue weighted by Crippen LogP contribution is -2.41. The fourth-order valence-corrected chi connectivity index (χ4v) is 2.10. The van der Waals surface area contributed by atoms with E-state index in [0.29, 0.717) is 12.2 Å². The van der Waals surface area contributed by atoms with Crippen molar-refractivity contribution in [2.24, 2.45) is 11.3 Å². The van der Waals surface area contributed by atoms with Crippen LogP contribution in [-0.2, 0) is 4.79 Å². The lowest BCUT2D eigenvalue weighted by atomic mass is 9.81. The van der Waals surface area contributed by atoms with Gasteiger partial charge in [-0.15, -0.1) is 0 Å². The van der Waals surface area contributed by atoms with E-state index >= 15 is 0 Å². The molecule has 118 valence electrons. The topological polar surface area (TPSA) is 20.3 Å². The van der Waals surface area contributed by atoms with Gasteiger partial charge in [-0.25, -0.2) is 4.39 Å². The average Bonchev–Trinajstić information content (AvgIpc) is 2.40. The van der Waals surface area contributed by atoms with Gasteiger partial charge in [0.1, 0.15) is 5.82 Å². The normalized spacial score (nSPS) is 13.1. The van der Waals surface area contributed by atoms with Crippen LogP contribution in [-0.4, -0.2) is 12.5 Å². The summed E-state index contributed by atoms with van der Waals surface area (Å²) in [5.74, 6) is -0.485. The number of anilines is 1. The van der Waals surface area contributed by atoms with Gasteiger partial charge in [-0.1, -0.05) is 47.1 Å². The second-order valence-electron chi connectivity index (χ2n) is 6.89. The quantitative estimate of drug-likeness (QED) is 0.752. The molecule has 1 aromatic rings. The number of hydrogen-bond donors (Lipinski definition) is 0. The molecule has 0 bridgehead atoms. The monoisotopic (exact) mass is 293 g/mol. The SMILES string of the molecule is CCCCN(C(=O)C(C)C(C)(C)C)c1cc(C)ccc1F. The van der Waals surface area contributed by atoms with Gasteiger partial charge < -0.3 is 4.90 Å². The predicted molar refractivity (Wildman–Crippen MR) is 87.0 cm³/mol. The van der Waals surface area contributed by atoms with E-state index in [1.807, 2.05) is 34.6 Å². The Hall–Kier alpha value is -1.38. The Morgan fingerprint density at radius 1 is 1.33 bits per heavy atom. The molecule has 0 fully saturated rings. The van der Waals surface area contributed by atoms with Crippen LogP contribution in [0.2, 0.25) is 0 Å². The molecule has 0 saturated carbocycles. The molecule has 0 aromatic heterocycles. The molecule has 1 aromatic carbocycles. The zero-order valence-corrected chi connectivity index (χ0v) is 14.2. The number of hydrogen-bond acceptors (Lipinski definition) is 1. The number of carbonyl (C=O) groups excluding carboxylic acids is 1. The molecule has 0 saturated heterocycles. The summed E-state index contributed by atoms with van der Waals surface area (Å²) in [5.41, 5.74) is 1.23. The van der Waals surface area contributed by atoms with Crippen molar-refractivity contribution in [2.75, 3.05) is 11.4 Å². The number of amides is 1. The Labute approximate surface area is 128 Å². The van der Waals surface area contributed by atoms with E-state index in [-0.39, 0.29) is 23.1 Å². The van der Waals surface area contributed by atoms with Gasteiger partial charge in [-0.2, -0.15) is 0 Å². The van der Waals surface area contributed by atoms with Gasteiger partial charge in [0, 0.05) is 12.5 Å². The minimum atomic E-state index is -0.328. The van der Waals surface area contributed by atoms with E-state index in [4.69, 9.17) is 0 Å². The first-order valence-electron chi connectivity index (χ1n) is 7.76. The Balaban J connectivity index is 3.16. The highest BCUT2D eigenvalue weighted by Crippen LogP contribution is 2.30. The molecule has 3 heteroatoms. The van der Waals surface area contributed by atoms with Gasteiger partial charge in [-0.3, -0.25) is 4.79 Å². The first kappa shape index (κ1) is 17.7. The molecule has 0 radical (unpaired) electrons. The Kier molecular flexibility index (Phi) is 5.94. The van der Waals surface area contributed by atoms with E-state index in [1.54, 1.807) is 17.0 Å². The summed E-state index contributed by atoms with van der Waals surface area (Å²) in [5, 5.41) is 0. The maximum absolute atomic E-state index is 14.2. The Morgan fingerprint density at radius 2 is 1.95 bits per heavy atom. The summed E-state index contributed by atoms with van der Waals surface area (Å²) >= 11 is 0. The van der Waals surface area contributed by atoms with Crippen LogP contribution in [0.3, 0.4) is 0 Å². The highest BCUT2D eigenvalue weighted by atomic mass is 19.1. The van der Waals surface area contributed by atoms with Crippen molar-refractivity contribution in [1.82, 2.24) is 0 Å². The molecule has 21 heavy (non-hydrogen) atoms. The first-order valence-corrected chi connectivity index (χ1v) is 7.76. The summed E-state index contributed by atoms with van der Waals surface area (Å²) in [6.45, 7) is 12.6. The summed E-state index contributed by atoms with van der Waals surface area (Å²) in [7, 11) is 0. The van der Waals surface area contributed by atoms with Crippen molar-refractivity contribution in [3.8, 4) is 0 Å². The van der Waals surface area contributed by atoms with E-state index in [9.17, 15) is 9.18 Å². The molecule has 0 heterocycles. The van der Waals surface area contributed by atoms with Gasteiger partial charge in [0.2, 0.25) is 5.91 Å². The fourth-order valence-electron chi connectivity index (χ4n) is 2.10. The molecule has 1 amide bonds. The number of rotatable bonds is 5. The molecule has 1 rings (SSSR count). The molecular weight excluding hydrogens is 265 g/mol. The molecule has 0 N–H and O–H groups in total. The van der Waals surface area contributed by atoms with Gasteiger partial charge in [0.15, 0.2) is 0 Å². The second-order valence-corrected chi connectivity index (χ2v) is 6.89. The third-order valence-electron chi connectivity index (χ3n) is 4.06. The summed E-state index contributed by atoms with van der Waals surface area (Å²) in [6, 6.07) is 4.94. The van der Waals surface area contributed by atoms with Crippen LogP contribution in [0.5, 0.6) is 0 Å². The number of nitrogens with zero attached hydrogens (tertiary/aromatic N) is 1. The van der Waals surface area contributed by atoms with Crippen LogP contribution < -0.4 is 4.90 Å². The average molecular weight is 293 g/mol. The lowest BCUT2D eigenvalue weighted by Gasteiger charge is -2.32. The standard InChI is InChI=1S/C18H28FNO/c1-7-8-11-20(17(21)14(3)18(4,5)6)16-12-13(2)9-10-15(16)19/h9-10,12,14H,7-8,11H2,1-6H3. The molecule has 1 unspecified atom stereocenters. The van der Waals surface area contributed by atoms with Crippen molar-refractivity contribution in [1.29, 1.82) is 0 Å². The summed E-state index contributed by atoms with van der Waals surface area (Å²) in [6.07, 6.45) is 1.84. The number of benzene rings is 1. The fraction of sp³-hybridized carbons (Fsp3) is 0.611. The maximum Gasteiger partial charge on any atom is 0.230 e. The van der Waals surface area contributed by atoms with Crippen LogP contribution in [0.4, 0.5) is 10.1 Å². The van der Waals surface area contributed by atoms with Crippen molar-refractivity contribution in [2.45, 2.75) is 54.4 Å². The molecule has 1 atom stereocenters. The molecule has 2 nitrogen and oxygen atoms in total. The van der Waals surface area contributed by atoms with Gasteiger partial charge in [0.25, 0.3) is 0 Å². The van der Waals surface area contributed by atoms with Crippen LogP contribution in [0.15, 0.2) is 18.2 Å². The smallest absolute Gasteiger partial charge is 0.230 e. The van der Waals surface area contributed by atoms with Gasteiger partial charge in [0.05, 0.1) is 5.69 Å². The minimum absolute atomic E-state index is 0.000417. The third-order valence-corrected chi connectivity index (χ3v) is 4.06. The van der Waals surface area contributed by atoms with Crippen molar-refractivity contribution in [3.63, 3.8) is 0 Å². The number of unbranched alkanes of at least 4 members (excludes halogenated alkanes) is 1. The largest absolute Gasteiger partial charge is 0.309 e. The predicted octanol–water partition coefficient (Wildman–Crippen LogP) is 4.95. The lowest BCUT2D eigenvalue weighted by molar-refractivity contribution is -0.124. The molecule has 0 aliphatic heterocycles. The van der Waals surface area contributed by atoms with E-state index in [1.165, 1.54) is 6.07 Å². The third kappa shape index (κ3) is 4.55. The zero-order chi connectivity index (χ0) is 16.2. The highest BCUT2D eigenvalue weighted by molar-refractivity contribution is 5.95. The zero-order valence-electron chi connectivity index (χ0n) is 14.2. The molecule has 0 aliphatic carbocycles. The maximum atomic E-state index is 14.2. The Bertz CT molecular complexity index is 490. The van der Waals surface area contributed by atoms with Gasteiger partial charge in [-0.05, 0) is 36.5 Å². The summed E-state index contributed by atoms with van der Waals surface area (Å²) in [4.78, 5) is 14.4. The summed E-state index contributed by atoms with van der Waals surface area (Å²) < 4.78 is 14.2. The molecule has 0 spiro atoms. The second kappa shape index (κ2) is 7.06. The van der Waals surface area contributed by atoms with Crippen molar-refractivity contribution < 1.29 is 9.18 Å². The van der Waals surface area contributed by atoms with Crippen molar-refractivity contribution in [3.05, 3.63) is 29.6 Å². The van der Waals surface area contributed by atoms with E-state index in [0.717, 1.165) is 18.4 Å². The minimum Gasteiger partial charge on any atom is -0.309 e. The van der Waals surface area contributed by atoms with E-state index < -0.39 is 0 Å². The number of aryl methyl sites for hydroxylation is 1.